The highest BCUT2D eigenvalue weighted by Gasteiger charge is 2.30. The molecule has 0 aromatic heterocycles. The van der Waals surface area contributed by atoms with E-state index in [0.29, 0.717) is 5.56 Å². The topological polar surface area (TPSA) is 69.6 Å². The largest absolute Gasteiger partial charge is 0.506 e. The SMILES string of the molecule is CC(C)(C)[C@@H](NCc1cccc(Cl)c1O)C(=O)O. The van der Waals surface area contributed by atoms with Crippen LogP contribution in [0.4, 0.5) is 0 Å². The molecule has 0 heterocycles. The molecule has 0 saturated heterocycles. The summed E-state index contributed by atoms with van der Waals surface area (Å²) in [5.41, 5.74) is 0.165. The van der Waals surface area contributed by atoms with Crippen LogP contribution in [0.3, 0.4) is 0 Å². The maximum absolute atomic E-state index is 11.2. The van der Waals surface area contributed by atoms with Crippen molar-refractivity contribution in [2.75, 3.05) is 0 Å². The maximum Gasteiger partial charge on any atom is 0.321 e. The number of aliphatic carboxylic acids is 1. The van der Waals surface area contributed by atoms with Crippen molar-refractivity contribution in [2.45, 2.75) is 33.4 Å². The first kappa shape index (κ1) is 14.8. The van der Waals surface area contributed by atoms with E-state index < -0.39 is 17.4 Å². The van der Waals surface area contributed by atoms with Gasteiger partial charge in [-0.2, -0.15) is 0 Å². The van der Waals surface area contributed by atoms with E-state index in [2.05, 4.69) is 5.32 Å². The van der Waals surface area contributed by atoms with Crippen LogP contribution in [0.25, 0.3) is 0 Å². The molecule has 0 bridgehead atoms. The van der Waals surface area contributed by atoms with Gasteiger partial charge in [0.25, 0.3) is 0 Å². The minimum Gasteiger partial charge on any atom is -0.506 e. The molecule has 4 nitrogen and oxygen atoms in total. The van der Waals surface area contributed by atoms with E-state index >= 15 is 0 Å². The molecule has 0 aliphatic rings. The molecule has 1 aromatic rings. The Morgan fingerprint density at radius 3 is 2.56 bits per heavy atom. The molecule has 100 valence electrons. The Labute approximate surface area is 112 Å². The van der Waals surface area contributed by atoms with E-state index in [-0.39, 0.29) is 17.3 Å². The Bertz CT molecular complexity index is 440. The summed E-state index contributed by atoms with van der Waals surface area (Å²) in [5.74, 6) is -0.922. The number of benzene rings is 1. The number of nitrogens with one attached hydrogen (secondary N) is 1. The molecule has 0 aliphatic heterocycles. The third kappa shape index (κ3) is 3.62. The fraction of sp³-hybridized carbons (Fsp3) is 0.462. The number of halogens is 1. The van der Waals surface area contributed by atoms with Gasteiger partial charge >= 0.3 is 5.97 Å². The fourth-order valence-electron chi connectivity index (χ4n) is 1.68. The quantitative estimate of drug-likeness (QED) is 0.787. The standard InChI is InChI=1S/C13H18ClNO3/c1-13(2,3)11(12(17)18)15-7-8-5-4-6-9(14)10(8)16/h4-6,11,15-16H,7H2,1-3H3,(H,17,18)/t11-/m0/s1. The normalized spacial score (nSPS) is 13.3. The van der Waals surface area contributed by atoms with E-state index in [1.165, 1.54) is 0 Å². The van der Waals surface area contributed by atoms with Crippen LogP contribution in [-0.2, 0) is 11.3 Å². The number of carbonyl (C=O) groups is 1. The number of phenolic OH excluding ortho intramolecular Hbond substituents is 1. The number of hydrogen-bond donors (Lipinski definition) is 3. The lowest BCUT2D eigenvalue weighted by Crippen LogP contribution is -2.46. The van der Waals surface area contributed by atoms with Crippen LogP contribution in [0.15, 0.2) is 18.2 Å². The first-order valence-corrected chi connectivity index (χ1v) is 6.04. The van der Waals surface area contributed by atoms with E-state index in [1.54, 1.807) is 18.2 Å². The van der Waals surface area contributed by atoms with Crippen LogP contribution < -0.4 is 5.32 Å². The number of carboxylic acid groups (broad SMARTS) is 1. The average molecular weight is 272 g/mol. The van der Waals surface area contributed by atoms with Gasteiger partial charge in [-0.15, -0.1) is 0 Å². The van der Waals surface area contributed by atoms with Gasteiger partial charge in [0.2, 0.25) is 0 Å². The number of para-hydroxylation sites is 1. The van der Waals surface area contributed by atoms with Crippen molar-refractivity contribution in [3.63, 3.8) is 0 Å². The summed E-state index contributed by atoms with van der Waals surface area (Å²) in [4.78, 5) is 11.2. The van der Waals surface area contributed by atoms with Crippen LogP contribution >= 0.6 is 11.6 Å². The summed E-state index contributed by atoms with van der Waals surface area (Å²) in [6.07, 6.45) is 0. The molecule has 1 rings (SSSR count). The number of phenols is 1. The van der Waals surface area contributed by atoms with Crippen LogP contribution in [-0.4, -0.2) is 22.2 Å². The average Bonchev–Trinajstić information content (AvgIpc) is 2.22. The van der Waals surface area contributed by atoms with Crippen LogP contribution in [0.2, 0.25) is 5.02 Å². The van der Waals surface area contributed by atoms with Gasteiger partial charge in [0, 0.05) is 12.1 Å². The molecule has 1 aromatic carbocycles. The number of carboxylic acids is 1. The first-order valence-electron chi connectivity index (χ1n) is 5.66. The zero-order chi connectivity index (χ0) is 13.9. The van der Waals surface area contributed by atoms with E-state index in [1.807, 2.05) is 20.8 Å². The van der Waals surface area contributed by atoms with E-state index in [4.69, 9.17) is 16.7 Å². The highest BCUT2D eigenvalue weighted by atomic mass is 35.5. The first-order chi connectivity index (χ1) is 8.23. The monoisotopic (exact) mass is 271 g/mol. The molecule has 0 aliphatic carbocycles. The van der Waals surface area contributed by atoms with Gasteiger partial charge in [-0.3, -0.25) is 10.1 Å². The predicted molar refractivity (Wildman–Crippen MR) is 70.8 cm³/mol. The second-order valence-electron chi connectivity index (χ2n) is 5.27. The predicted octanol–water partition coefficient (Wildman–Crippen LogP) is 2.63. The van der Waals surface area contributed by atoms with Crippen molar-refractivity contribution in [1.82, 2.24) is 5.32 Å². The summed E-state index contributed by atoms with van der Waals surface area (Å²) in [6.45, 7) is 5.78. The minimum absolute atomic E-state index is 0.00952. The van der Waals surface area contributed by atoms with Crippen molar-refractivity contribution in [2.24, 2.45) is 5.41 Å². The lowest BCUT2D eigenvalue weighted by Gasteiger charge is -2.28. The Kier molecular flexibility index (Phi) is 4.59. The molecule has 0 radical (unpaired) electrons. The molecular formula is C13H18ClNO3. The highest BCUT2D eigenvalue weighted by Crippen LogP contribution is 2.27. The van der Waals surface area contributed by atoms with Gasteiger partial charge < -0.3 is 10.2 Å². The second kappa shape index (κ2) is 5.59. The van der Waals surface area contributed by atoms with Crippen molar-refractivity contribution < 1.29 is 15.0 Å². The van der Waals surface area contributed by atoms with Crippen LogP contribution in [0.1, 0.15) is 26.3 Å². The Balaban J connectivity index is 2.80. The highest BCUT2D eigenvalue weighted by molar-refractivity contribution is 6.32. The summed E-state index contributed by atoms with van der Waals surface area (Å²) < 4.78 is 0. The van der Waals surface area contributed by atoms with Gasteiger partial charge in [-0.1, -0.05) is 44.5 Å². The van der Waals surface area contributed by atoms with Crippen molar-refractivity contribution in [3.8, 4) is 5.75 Å². The van der Waals surface area contributed by atoms with Crippen molar-refractivity contribution >= 4 is 17.6 Å². The molecule has 0 spiro atoms. The Hall–Kier alpha value is -1.26. The van der Waals surface area contributed by atoms with Crippen molar-refractivity contribution in [1.29, 1.82) is 0 Å². The molecule has 0 unspecified atom stereocenters. The molecular weight excluding hydrogens is 254 g/mol. The summed E-state index contributed by atoms with van der Waals surface area (Å²) in [5, 5.41) is 22.1. The molecule has 0 saturated carbocycles. The van der Waals surface area contributed by atoms with Gasteiger partial charge in [-0.05, 0) is 11.5 Å². The zero-order valence-electron chi connectivity index (χ0n) is 10.7. The summed E-state index contributed by atoms with van der Waals surface area (Å²) in [6, 6.07) is 4.30. The molecule has 5 heteroatoms. The van der Waals surface area contributed by atoms with E-state index in [0.717, 1.165) is 0 Å². The lowest BCUT2D eigenvalue weighted by atomic mass is 9.86. The van der Waals surface area contributed by atoms with Crippen molar-refractivity contribution in [3.05, 3.63) is 28.8 Å². The molecule has 3 N–H and O–H groups in total. The van der Waals surface area contributed by atoms with E-state index in [9.17, 15) is 9.90 Å². The lowest BCUT2D eigenvalue weighted by molar-refractivity contribution is -0.142. The zero-order valence-corrected chi connectivity index (χ0v) is 11.5. The molecule has 0 amide bonds. The van der Waals surface area contributed by atoms with Gasteiger partial charge in [0.1, 0.15) is 11.8 Å². The third-order valence-electron chi connectivity index (χ3n) is 2.68. The maximum atomic E-state index is 11.2. The third-order valence-corrected chi connectivity index (χ3v) is 2.98. The Morgan fingerprint density at radius 2 is 2.06 bits per heavy atom. The van der Waals surface area contributed by atoms with Crippen LogP contribution in [0.5, 0.6) is 5.75 Å². The van der Waals surface area contributed by atoms with Crippen LogP contribution in [0, 0.1) is 5.41 Å². The molecule has 1 atom stereocenters. The number of aromatic hydroxyl groups is 1. The smallest absolute Gasteiger partial charge is 0.321 e. The van der Waals surface area contributed by atoms with Gasteiger partial charge in [0.05, 0.1) is 5.02 Å². The van der Waals surface area contributed by atoms with Gasteiger partial charge in [-0.25, -0.2) is 0 Å². The second-order valence-corrected chi connectivity index (χ2v) is 5.67. The Morgan fingerprint density at radius 1 is 1.44 bits per heavy atom. The number of hydrogen-bond acceptors (Lipinski definition) is 3. The summed E-state index contributed by atoms with van der Waals surface area (Å²) >= 11 is 5.79. The molecule has 0 fully saturated rings. The van der Waals surface area contributed by atoms with Gasteiger partial charge in [0.15, 0.2) is 0 Å². The molecule has 18 heavy (non-hydrogen) atoms. The fourth-order valence-corrected chi connectivity index (χ4v) is 1.87. The summed E-state index contributed by atoms with van der Waals surface area (Å²) in [7, 11) is 0. The minimum atomic E-state index is -0.913. The number of rotatable bonds is 4.